The van der Waals surface area contributed by atoms with Crippen LogP contribution in [0, 0.1) is 6.92 Å². The van der Waals surface area contributed by atoms with E-state index in [-0.39, 0.29) is 11.2 Å². The number of hydrogen-bond acceptors (Lipinski definition) is 4. The molecular weight excluding hydrogens is 356 g/mol. The van der Waals surface area contributed by atoms with Crippen molar-refractivity contribution in [2.24, 2.45) is 0 Å². The predicted molar refractivity (Wildman–Crippen MR) is 110 cm³/mol. The number of aromatic nitrogens is 3. The van der Waals surface area contributed by atoms with Crippen molar-refractivity contribution < 1.29 is 4.79 Å². The van der Waals surface area contributed by atoms with E-state index in [4.69, 9.17) is 0 Å². The zero-order chi connectivity index (χ0) is 19.0. The molecule has 6 heteroatoms. The summed E-state index contributed by atoms with van der Waals surface area (Å²) in [6, 6.07) is 10.7. The van der Waals surface area contributed by atoms with E-state index in [1.807, 2.05) is 31.0 Å². The van der Waals surface area contributed by atoms with E-state index in [0.717, 1.165) is 29.2 Å². The lowest BCUT2D eigenvalue weighted by Crippen LogP contribution is -2.42. The van der Waals surface area contributed by atoms with Crippen LogP contribution in [0.15, 0.2) is 35.5 Å². The third kappa shape index (κ3) is 3.43. The summed E-state index contributed by atoms with van der Waals surface area (Å²) in [7, 11) is 1.95. The molecule has 1 unspecified atom stereocenters. The highest BCUT2D eigenvalue weighted by Crippen LogP contribution is 2.30. The lowest BCUT2D eigenvalue weighted by Gasteiger charge is -2.32. The van der Waals surface area contributed by atoms with Gasteiger partial charge in [0.1, 0.15) is 0 Å². The molecule has 1 aliphatic rings. The summed E-state index contributed by atoms with van der Waals surface area (Å²) < 4.78 is 2.07. The number of carbonyl (C=O) groups is 1. The van der Waals surface area contributed by atoms with Gasteiger partial charge < -0.3 is 4.90 Å². The molecule has 1 aliphatic carbocycles. The van der Waals surface area contributed by atoms with Crippen molar-refractivity contribution in [1.82, 2.24) is 19.5 Å². The number of rotatable bonds is 4. The largest absolute Gasteiger partial charge is 0.342 e. The van der Waals surface area contributed by atoms with Gasteiger partial charge in [0.2, 0.25) is 5.91 Å². The predicted octanol–water partition coefficient (Wildman–Crippen LogP) is 4.46. The number of fused-ring (bicyclic) bond motifs is 3. The minimum atomic E-state index is -0.190. The first-order valence-corrected chi connectivity index (χ1v) is 10.6. The highest BCUT2D eigenvalue weighted by molar-refractivity contribution is 8.00. The Hall–Kier alpha value is -2.08. The highest BCUT2D eigenvalue weighted by Gasteiger charge is 2.27. The van der Waals surface area contributed by atoms with Crippen LogP contribution in [-0.2, 0) is 4.79 Å². The molecule has 27 heavy (non-hydrogen) atoms. The van der Waals surface area contributed by atoms with Gasteiger partial charge in [-0.25, -0.2) is 0 Å². The SMILES string of the molecule is Cc1cc2nnc(SC(C)C(=O)N(C)C3CCCCC3)n2c2ccccc12. The highest BCUT2D eigenvalue weighted by atomic mass is 32.2. The van der Waals surface area contributed by atoms with Crippen LogP contribution in [0.4, 0.5) is 0 Å². The van der Waals surface area contributed by atoms with Crippen molar-refractivity contribution in [3.05, 3.63) is 35.9 Å². The molecule has 0 saturated heterocycles. The third-order valence-electron chi connectivity index (χ3n) is 5.67. The van der Waals surface area contributed by atoms with Crippen molar-refractivity contribution in [2.45, 2.75) is 62.4 Å². The zero-order valence-corrected chi connectivity index (χ0v) is 17.0. The molecule has 1 fully saturated rings. The molecule has 0 spiro atoms. The maximum atomic E-state index is 13.0. The van der Waals surface area contributed by atoms with Gasteiger partial charge in [0.05, 0.1) is 10.8 Å². The fourth-order valence-electron chi connectivity index (χ4n) is 4.09. The molecule has 0 N–H and O–H groups in total. The first-order chi connectivity index (χ1) is 13.1. The minimum Gasteiger partial charge on any atom is -0.342 e. The van der Waals surface area contributed by atoms with Gasteiger partial charge in [-0.3, -0.25) is 9.20 Å². The topological polar surface area (TPSA) is 50.5 Å². The van der Waals surface area contributed by atoms with Crippen molar-refractivity contribution in [3.63, 3.8) is 0 Å². The second-order valence-electron chi connectivity index (χ2n) is 7.52. The zero-order valence-electron chi connectivity index (χ0n) is 16.2. The summed E-state index contributed by atoms with van der Waals surface area (Å²) >= 11 is 1.50. The van der Waals surface area contributed by atoms with Gasteiger partial charge in [-0.1, -0.05) is 49.2 Å². The summed E-state index contributed by atoms with van der Waals surface area (Å²) in [5.41, 5.74) is 3.09. The Morgan fingerprint density at radius 3 is 2.74 bits per heavy atom. The Balaban J connectivity index is 1.61. The lowest BCUT2D eigenvalue weighted by atomic mass is 9.94. The number of nitrogens with zero attached hydrogens (tertiary/aromatic N) is 4. The number of hydrogen-bond donors (Lipinski definition) is 0. The Morgan fingerprint density at radius 1 is 1.22 bits per heavy atom. The van der Waals surface area contributed by atoms with Crippen LogP contribution in [0.25, 0.3) is 16.6 Å². The third-order valence-corrected chi connectivity index (χ3v) is 6.70. The molecule has 3 aromatic rings. The number of benzene rings is 1. The summed E-state index contributed by atoms with van der Waals surface area (Å²) in [5.74, 6) is 0.181. The maximum Gasteiger partial charge on any atom is 0.235 e. The van der Waals surface area contributed by atoms with E-state index in [2.05, 4.69) is 39.7 Å². The molecule has 4 rings (SSSR count). The Kier molecular flexibility index (Phi) is 5.08. The molecule has 2 heterocycles. The molecule has 1 saturated carbocycles. The second kappa shape index (κ2) is 7.50. The van der Waals surface area contributed by atoms with E-state index < -0.39 is 0 Å². The summed E-state index contributed by atoms with van der Waals surface area (Å²) in [6.07, 6.45) is 5.99. The van der Waals surface area contributed by atoms with Crippen LogP contribution >= 0.6 is 11.8 Å². The molecule has 142 valence electrons. The summed E-state index contributed by atoms with van der Waals surface area (Å²) in [4.78, 5) is 14.9. The van der Waals surface area contributed by atoms with Gasteiger partial charge in [-0.05, 0) is 44.4 Å². The van der Waals surface area contributed by atoms with Crippen molar-refractivity contribution >= 4 is 34.2 Å². The van der Waals surface area contributed by atoms with E-state index >= 15 is 0 Å². The molecule has 1 aromatic carbocycles. The Morgan fingerprint density at radius 2 is 1.96 bits per heavy atom. The molecule has 1 atom stereocenters. The normalized spacial score (nSPS) is 16.7. The monoisotopic (exact) mass is 382 g/mol. The molecule has 0 bridgehead atoms. The van der Waals surface area contributed by atoms with Gasteiger partial charge in [0, 0.05) is 18.5 Å². The molecule has 1 amide bonds. The standard InChI is InChI=1S/C21H26N4OS/c1-14-13-19-22-23-21(25(19)18-12-8-7-11-17(14)18)27-15(2)20(26)24(3)16-9-5-4-6-10-16/h7-8,11-13,15-16H,4-6,9-10H2,1-3H3. The molecule has 0 radical (unpaired) electrons. The van der Waals surface area contributed by atoms with Crippen LogP contribution in [-0.4, -0.2) is 43.7 Å². The number of para-hydroxylation sites is 1. The smallest absolute Gasteiger partial charge is 0.235 e. The van der Waals surface area contributed by atoms with E-state index in [9.17, 15) is 4.79 Å². The first-order valence-electron chi connectivity index (χ1n) is 9.73. The van der Waals surface area contributed by atoms with Gasteiger partial charge in [0.15, 0.2) is 10.8 Å². The van der Waals surface area contributed by atoms with Crippen LogP contribution in [0.3, 0.4) is 0 Å². The summed E-state index contributed by atoms with van der Waals surface area (Å²) in [5, 5.41) is 10.5. The number of thioether (sulfide) groups is 1. The fraction of sp³-hybridized carbons (Fsp3) is 0.476. The van der Waals surface area contributed by atoms with E-state index in [1.54, 1.807) is 0 Å². The molecule has 2 aromatic heterocycles. The van der Waals surface area contributed by atoms with Crippen molar-refractivity contribution in [1.29, 1.82) is 0 Å². The van der Waals surface area contributed by atoms with Gasteiger partial charge in [-0.15, -0.1) is 10.2 Å². The van der Waals surface area contributed by atoms with E-state index in [0.29, 0.717) is 6.04 Å². The van der Waals surface area contributed by atoms with Crippen LogP contribution in [0.2, 0.25) is 0 Å². The molecule has 0 aliphatic heterocycles. The minimum absolute atomic E-state index is 0.181. The van der Waals surface area contributed by atoms with Crippen LogP contribution in [0.1, 0.15) is 44.6 Å². The van der Waals surface area contributed by atoms with Gasteiger partial charge in [0.25, 0.3) is 0 Å². The average Bonchev–Trinajstić information content (AvgIpc) is 3.10. The lowest BCUT2D eigenvalue weighted by molar-refractivity contribution is -0.131. The van der Waals surface area contributed by atoms with E-state index in [1.165, 1.54) is 42.0 Å². The van der Waals surface area contributed by atoms with Crippen molar-refractivity contribution in [2.75, 3.05) is 7.05 Å². The Bertz CT molecular complexity index is 977. The van der Waals surface area contributed by atoms with Crippen LogP contribution < -0.4 is 0 Å². The summed E-state index contributed by atoms with van der Waals surface area (Å²) in [6.45, 7) is 4.07. The maximum absolute atomic E-state index is 13.0. The quantitative estimate of drug-likeness (QED) is 0.625. The number of aryl methyl sites for hydroxylation is 1. The Labute approximate surface area is 164 Å². The first kappa shape index (κ1) is 18.3. The van der Waals surface area contributed by atoms with Gasteiger partial charge in [-0.2, -0.15) is 0 Å². The average molecular weight is 383 g/mol. The molecular formula is C21H26N4OS. The number of amides is 1. The van der Waals surface area contributed by atoms with Crippen molar-refractivity contribution in [3.8, 4) is 0 Å². The fourth-order valence-corrected chi connectivity index (χ4v) is 5.06. The number of carbonyl (C=O) groups excluding carboxylic acids is 1. The second-order valence-corrected chi connectivity index (χ2v) is 8.83. The van der Waals surface area contributed by atoms with Crippen LogP contribution in [0.5, 0.6) is 0 Å². The number of pyridine rings is 1. The van der Waals surface area contributed by atoms with Gasteiger partial charge >= 0.3 is 0 Å². The molecule has 5 nitrogen and oxygen atoms in total.